The van der Waals surface area contributed by atoms with Gasteiger partial charge in [0.15, 0.2) is 5.82 Å². The van der Waals surface area contributed by atoms with E-state index in [0.717, 1.165) is 22.6 Å². The smallest absolute Gasteiger partial charge is 0.235 e. The zero-order chi connectivity index (χ0) is 16.7. The second-order valence-corrected chi connectivity index (χ2v) is 6.83. The Kier molecular flexibility index (Phi) is 3.65. The van der Waals surface area contributed by atoms with E-state index in [-0.39, 0.29) is 11.2 Å². The molecule has 1 aromatic carbocycles. The van der Waals surface area contributed by atoms with Gasteiger partial charge in [-0.25, -0.2) is 4.98 Å². The van der Waals surface area contributed by atoms with Crippen LogP contribution in [-0.4, -0.2) is 31.0 Å². The van der Waals surface area contributed by atoms with Gasteiger partial charge in [0, 0.05) is 24.0 Å². The van der Waals surface area contributed by atoms with Crippen LogP contribution in [0.25, 0.3) is 5.69 Å². The monoisotopic (exact) mass is 339 g/mol. The summed E-state index contributed by atoms with van der Waals surface area (Å²) in [6, 6.07) is 10.0. The van der Waals surface area contributed by atoms with E-state index in [0.29, 0.717) is 11.6 Å². The zero-order valence-corrected chi connectivity index (χ0v) is 14.2. The van der Waals surface area contributed by atoms with Gasteiger partial charge in [-0.15, -0.1) is 11.8 Å². The third kappa shape index (κ3) is 2.41. The van der Waals surface area contributed by atoms with Crippen LogP contribution < -0.4 is 5.32 Å². The molecular weight excluding hydrogens is 322 g/mol. The molecule has 4 rings (SSSR count). The highest BCUT2D eigenvalue weighted by Gasteiger charge is 2.31. The first kappa shape index (κ1) is 15.0. The Labute approximate surface area is 143 Å². The van der Waals surface area contributed by atoms with Crippen LogP contribution in [0.2, 0.25) is 0 Å². The van der Waals surface area contributed by atoms with Crippen molar-refractivity contribution < 1.29 is 4.79 Å². The summed E-state index contributed by atoms with van der Waals surface area (Å²) in [7, 11) is 1.93. The Bertz CT molecular complexity index is 899. The molecule has 24 heavy (non-hydrogen) atoms. The van der Waals surface area contributed by atoms with E-state index in [1.54, 1.807) is 18.1 Å². The molecule has 0 saturated heterocycles. The summed E-state index contributed by atoms with van der Waals surface area (Å²) in [5.74, 6) is 0.996. The fourth-order valence-corrected chi connectivity index (χ4v) is 4.10. The number of aromatic nitrogens is 4. The number of hydrogen-bond acceptors (Lipinski definition) is 4. The molecule has 7 heteroatoms. The van der Waals surface area contributed by atoms with E-state index < -0.39 is 0 Å². The number of para-hydroxylation sites is 1. The lowest BCUT2D eigenvalue weighted by molar-refractivity contribution is -0.113. The third-order valence-corrected chi connectivity index (χ3v) is 5.52. The molecule has 1 amide bonds. The van der Waals surface area contributed by atoms with Gasteiger partial charge in [-0.05, 0) is 19.1 Å². The quantitative estimate of drug-likeness (QED) is 0.780. The van der Waals surface area contributed by atoms with Crippen molar-refractivity contribution in [3.05, 3.63) is 59.8 Å². The van der Waals surface area contributed by atoms with Crippen LogP contribution in [0, 0.1) is 6.92 Å². The Morgan fingerprint density at radius 1 is 1.29 bits per heavy atom. The molecule has 1 aliphatic heterocycles. The SMILES string of the molecule is Cc1c(C2SCC(=O)Nc3ncn(-c4ccccc4)c32)cnn1C. The van der Waals surface area contributed by atoms with Crippen molar-refractivity contribution in [2.45, 2.75) is 12.2 Å². The van der Waals surface area contributed by atoms with Crippen molar-refractivity contribution in [3.8, 4) is 5.69 Å². The molecule has 6 nitrogen and oxygen atoms in total. The number of carbonyl (C=O) groups is 1. The maximum Gasteiger partial charge on any atom is 0.235 e. The maximum absolute atomic E-state index is 12.1. The number of anilines is 1. The fourth-order valence-electron chi connectivity index (χ4n) is 2.92. The highest BCUT2D eigenvalue weighted by molar-refractivity contribution is 8.00. The minimum atomic E-state index is -0.0244. The van der Waals surface area contributed by atoms with Crippen molar-refractivity contribution >= 4 is 23.5 Å². The zero-order valence-electron chi connectivity index (χ0n) is 13.4. The number of hydrogen-bond donors (Lipinski definition) is 1. The highest BCUT2D eigenvalue weighted by atomic mass is 32.2. The highest BCUT2D eigenvalue weighted by Crippen LogP contribution is 2.42. The third-order valence-electron chi connectivity index (χ3n) is 4.28. The number of nitrogens with zero attached hydrogens (tertiary/aromatic N) is 4. The molecule has 1 N–H and O–H groups in total. The van der Waals surface area contributed by atoms with Crippen molar-refractivity contribution in [1.29, 1.82) is 0 Å². The minimum absolute atomic E-state index is 0.00430. The van der Waals surface area contributed by atoms with Gasteiger partial charge in [0.05, 0.1) is 22.9 Å². The summed E-state index contributed by atoms with van der Waals surface area (Å²) < 4.78 is 3.91. The van der Waals surface area contributed by atoms with Gasteiger partial charge in [-0.3, -0.25) is 14.0 Å². The van der Waals surface area contributed by atoms with Crippen LogP contribution in [0.5, 0.6) is 0 Å². The largest absolute Gasteiger partial charge is 0.308 e. The van der Waals surface area contributed by atoms with Gasteiger partial charge in [0.25, 0.3) is 0 Å². The Morgan fingerprint density at radius 3 is 2.79 bits per heavy atom. The maximum atomic E-state index is 12.1. The number of rotatable bonds is 2. The van der Waals surface area contributed by atoms with Crippen LogP contribution in [-0.2, 0) is 11.8 Å². The standard InChI is InChI=1S/C17H17N5OS/c1-11-13(8-19-21(11)2)16-15-17(20-14(23)9-24-16)18-10-22(15)12-6-4-3-5-7-12/h3-8,10,16H,9H2,1-2H3,(H,20,23). The molecule has 0 saturated carbocycles. The van der Waals surface area contributed by atoms with Crippen molar-refractivity contribution in [3.63, 3.8) is 0 Å². The van der Waals surface area contributed by atoms with Crippen molar-refractivity contribution in [2.24, 2.45) is 7.05 Å². The van der Waals surface area contributed by atoms with E-state index in [1.165, 1.54) is 0 Å². The number of nitrogens with one attached hydrogen (secondary N) is 1. The van der Waals surface area contributed by atoms with E-state index in [2.05, 4.69) is 15.4 Å². The topological polar surface area (TPSA) is 64.7 Å². The van der Waals surface area contributed by atoms with E-state index >= 15 is 0 Å². The van der Waals surface area contributed by atoms with Gasteiger partial charge in [0.1, 0.15) is 6.33 Å². The Morgan fingerprint density at radius 2 is 2.08 bits per heavy atom. The number of imidazole rings is 1. The van der Waals surface area contributed by atoms with Crippen LogP contribution in [0.1, 0.15) is 22.2 Å². The summed E-state index contributed by atoms with van der Waals surface area (Å²) in [4.78, 5) is 16.5. The molecule has 0 bridgehead atoms. The summed E-state index contributed by atoms with van der Waals surface area (Å²) in [6.45, 7) is 2.05. The van der Waals surface area contributed by atoms with Crippen molar-refractivity contribution in [2.75, 3.05) is 11.1 Å². The molecule has 3 aromatic rings. The lowest BCUT2D eigenvalue weighted by atomic mass is 10.1. The molecular formula is C17H17N5OS. The number of thioether (sulfide) groups is 1. The predicted molar refractivity (Wildman–Crippen MR) is 94.4 cm³/mol. The van der Waals surface area contributed by atoms with Gasteiger partial charge >= 0.3 is 0 Å². The summed E-state index contributed by atoms with van der Waals surface area (Å²) in [6.07, 6.45) is 3.65. The lowest BCUT2D eigenvalue weighted by Gasteiger charge is -2.17. The summed E-state index contributed by atoms with van der Waals surface area (Å²) in [5.41, 5.74) is 4.20. The first-order valence-electron chi connectivity index (χ1n) is 7.68. The van der Waals surface area contributed by atoms with E-state index in [4.69, 9.17) is 0 Å². The molecule has 0 radical (unpaired) electrons. The number of amides is 1. The summed E-state index contributed by atoms with van der Waals surface area (Å²) >= 11 is 1.60. The average molecular weight is 339 g/mol. The lowest BCUT2D eigenvalue weighted by Crippen LogP contribution is -2.12. The first-order valence-corrected chi connectivity index (χ1v) is 8.72. The Balaban J connectivity index is 1.91. The van der Waals surface area contributed by atoms with Crippen molar-refractivity contribution in [1.82, 2.24) is 19.3 Å². The van der Waals surface area contributed by atoms with E-state index in [1.807, 2.05) is 59.7 Å². The Hall–Kier alpha value is -2.54. The molecule has 1 unspecified atom stereocenters. The molecule has 2 aromatic heterocycles. The fraction of sp³-hybridized carbons (Fsp3) is 0.235. The van der Waals surface area contributed by atoms with Gasteiger partial charge < -0.3 is 5.32 Å². The van der Waals surface area contributed by atoms with Crippen LogP contribution in [0.15, 0.2) is 42.9 Å². The summed E-state index contributed by atoms with van der Waals surface area (Å²) in [5, 5.41) is 7.28. The average Bonchev–Trinajstić information content (AvgIpc) is 3.10. The van der Waals surface area contributed by atoms with Crippen LogP contribution in [0.3, 0.4) is 0 Å². The number of benzene rings is 1. The number of carbonyl (C=O) groups excluding carboxylic acids is 1. The normalized spacial score (nSPS) is 17.2. The van der Waals surface area contributed by atoms with E-state index in [9.17, 15) is 4.79 Å². The predicted octanol–water partition coefficient (Wildman–Crippen LogP) is 2.69. The molecule has 122 valence electrons. The molecule has 0 spiro atoms. The molecule has 0 aliphatic carbocycles. The van der Waals surface area contributed by atoms with Crippen LogP contribution in [0.4, 0.5) is 5.82 Å². The van der Waals surface area contributed by atoms with Crippen LogP contribution >= 0.6 is 11.8 Å². The number of fused-ring (bicyclic) bond motifs is 1. The first-order chi connectivity index (χ1) is 11.6. The van der Waals surface area contributed by atoms with Gasteiger partial charge in [-0.2, -0.15) is 5.10 Å². The molecule has 1 atom stereocenters. The molecule has 3 heterocycles. The minimum Gasteiger partial charge on any atom is -0.308 e. The molecule has 0 fully saturated rings. The second kappa shape index (κ2) is 5.83. The van der Waals surface area contributed by atoms with Gasteiger partial charge in [0.2, 0.25) is 5.91 Å². The molecule has 1 aliphatic rings. The van der Waals surface area contributed by atoms with Gasteiger partial charge in [-0.1, -0.05) is 18.2 Å². The second-order valence-electron chi connectivity index (χ2n) is 5.73. The number of aryl methyl sites for hydroxylation is 1.